The number of nitrogens with zero attached hydrogens (tertiary/aromatic N) is 5. The summed E-state index contributed by atoms with van der Waals surface area (Å²) in [6.07, 6.45) is 5.04. The molecular formula is C23H23N5O2S. The van der Waals surface area contributed by atoms with Crippen molar-refractivity contribution in [2.24, 2.45) is 0 Å². The van der Waals surface area contributed by atoms with Crippen LogP contribution in [-0.2, 0) is 9.59 Å². The van der Waals surface area contributed by atoms with Gasteiger partial charge in [0.1, 0.15) is 5.82 Å². The lowest BCUT2D eigenvalue weighted by atomic mass is 10.3. The first-order chi connectivity index (χ1) is 15.1. The van der Waals surface area contributed by atoms with Crippen molar-refractivity contribution in [1.29, 1.82) is 0 Å². The summed E-state index contributed by atoms with van der Waals surface area (Å²) in [4.78, 5) is 39.2. The van der Waals surface area contributed by atoms with Crippen LogP contribution >= 0.6 is 11.3 Å². The van der Waals surface area contributed by atoms with E-state index in [9.17, 15) is 9.59 Å². The molecule has 0 spiro atoms. The second-order valence-electron chi connectivity index (χ2n) is 7.08. The van der Waals surface area contributed by atoms with Crippen molar-refractivity contribution in [3.05, 3.63) is 71.9 Å². The minimum absolute atomic E-state index is 0.0401. The van der Waals surface area contributed by atoms with Gasteiger partial charge in [0.05, 0.1) is 11.4 Å². The molecule has 31 heavy (non-hydrogen) atoms. The molecule has 1 fully saturated rings. The number of anilines is 3. The van der Waals surface area contributed by atoms with Gasteiger partial charge in [-0.2, -0.15) is 0 Å². The number of carbonyl (C=O) groups is 2. The Morgan fingerprint density at radius 2 is 1.77 bits per heavy atom. The van der Waals surface area contributed by atoms with Gasteiger partial charge in [-0.25, -0.2) is 9.97 Å². The Kier molecular flexibility index (Phi) is 6.37. The lowest BCUT2D eigenvalue weighted by Crippen LogP contribution is -2.48. The van der Waals surface area contributed by atoms with Crippen LogP contribution in [0.3, 0.4) is 0 Å². The maximum atomic E-state index is 12.6. The van der Waals surface area contributed by atoms with Gasteiger partial charge < -0.3 is 9.80 Å². The Balaban J connectivity index is 1.38. The predicted molar refractivity (Wildman–Crippen MR) is 123 cm³/mol. The lowest BCUT2D eigenvalue weighted by molar-refractivity contribution is -0.126. The topological polar surface area (TPSA) is 69.6 Å². The quantitative estimate of drug-likeness (QED) is 0.575. The SMILES string of the molecule is CC(=O)N(c1ccccc1)c1nc(/C=C/C(=O)N2CCN(c3ccccn3)CC2)cs1. The average Bonchev–Trinajstić information content (AvgIpc) is 3.27. The summed E-state index contributed by atoms with van der Waals surface area (Å²) in [6.45, 7) is 4.31. The summed E-state index contributed by atoms with van der Waals surface area (Å²) in [6, 6.07) is 15.2. The van der Waals surface area contributed by atoms with E-state index in [0.29, 0.717) is 23.9 Å². The van der Waals surface area contributed by atoms with E-state index >= 15 is 0 Å². The van der Waals surface area contributed by atoms with Gasteiger partial charge in [-0.15, -0.1) is 11.3 Å². The van der Waals surface area contributed by atoms with E-state index in [1.54, 1.807) is 23.2 Å². The number of rotatable bonds is 5. The molecule has 0 radical (unpaired) electrons. The van der Waals surface area contributed by atoms with Crippen LogP contribution in [0.25, 0.3) is 6.08 Å². The van der Waals surface area contributed by atoms with Gasteiger partial charge in [-0.3, -0.25) is 14.5 Å². The molecule has 0 aliphatic carbocycles. The van der Waals surface area contributed by atoms with E-state index in [1.165, 1.54) is 18.3 Å². The van der Waals surface area contributed by atoms with Crippen LogP contribution in [0.2, 0.25) is 0 Å². The zero-order valence-electron chi connectivity index (χ0n) is 17.2. The maximum absolute atomic E-state index is 12.6. The molecule has 0 unspecified atom stereocenters. The van der Waals surface area contributed by atoms with Crippen molar-refractivity contribution in [1.82, 2.24) is 14.9 Å². The molecule has 1 aliphatic rings. The first-order valence-electron chi connectivity index (χ1n) is 10.1. The van der Waals surface area contributed by atoms with Crippen molar-refractivity contribution < 1.29 is 9.59 Å². The third kappa shape index (κ3) is 4.97. The number of amides is 2. The minimum Gasteiger partial charge on any atom is -0.353 e. The number of benzene rings is 1. The Labute approximate surface area is 185 Å². The maximum Gasteiger partial charge on any atom is 0.246 e. The first-order valence-corrected chi connectivity index (χ1v) is 10.9. The number of aromatic nitrogens is 2. The Hall–Kier alpha value is -3.52. The van der Waals surface area contributed by atoms with Gasteiger partial charge in [0.25, 0.3) is 0 Å². The molecule has 3 aromatic rings. The molecule has 0 atom stereocenters. The fourth-order valence-electron chi connectivity index (χ4n) is 3.42. The molecule has 1 aromatic carbocycles. The number of hydrogen-bond donors (Lipinski definition) is 0. The zero-order chi connectivity index (χ0) is 21.6. The molecule has 0 bridgehead atoms. The van der Waals surface area contributed by atoms with Crippen LogP contribution in [0.1, 0.15) is 12.6 Å². The second kappa shape index (κ2) is 9.53. The number of thiazole rings is 1. The summed E-state index contributed by atoms with van der Waals surface area (Å²) in [5, 5.41) is 2.42. The fourth-order valence-corrected chi connectivity index (χ4v) is 4.27. The van der Waals surface area contributed by atoms with Crippen LogP contribution in [0.5, 0.6) is 0 Å². The summed E-state index contributed by atoms with van der Waals surface area (Å²) >= 11 is 1.37. The second-order valence-corrected chi connectivity index (χ2v) is 7.92. The summed E-state index contributed by atoms with van der Waals surface area (Å²) in [7, 11) is 0. The van der Waals surface area contributed by atoms with Crippen molar-refractivity contribution in [3.8, 4) is 0 Å². The molecule has 4 rings (SSSR count). The zero-order valence-corrected chi connectivity index (χ0v) is 18.0. The van der Waals surface area contributed by atoms with E-state index < -0.39 is 0 Å². The van der Waals surface area contributed by atoms with Crippen LogP contribution in [0.15, 0.2) is 66.2 Å². The minimum atomic E-state index is -0.113. The highest BCUT2D eigenvalue weighted by molar-refractivity contribution is 7.14. The molecule has 2 amide bonds. The molecular weight excluding hydrogens is 410 g/mol. The van der Waals surface area contributed by atoms with Crippen molar-refractivity contribution in [3.63, 3.8) is 0 Å². The highest BCUT2D eigenvalue weighted by Gasteiger charge is 2.21. The number of hydrogen-bond acceptors (Lipinski definition) is 6. The van der Waals surface area contributed by atoms with E-state index in [-0.39, 0.29) is 11.8 Å². The molecule has 0 N–H and O–H groups in total. The van der Waals surface area contributed by atoms with Crippen LogP contribution in [0.4, 0.5) is 16.6 Å². The Morgan fingerprint density at radius 3 is 2.45 bits per heavy atom. The van der Waals surface area contributed by atoms with Crippen LogP contribution in [0, 0.1) is 0 Å². The number of para-hydroxylation sites is 1. The molecule has 1 aliphatic heterocycles. The Morgan fingerprint density at radius 1 is 1.03 bits per heavy atom. The van der Waals surface area contributed by atoms with E-state index in [0.717, 1.165) is 24.6 Å². The van der Waals surface area contributed by atoms with Crippen molar-refractivity contribution in [2.45, 2.75) is 6.92 Å². The molecule has 2 aromatic heterocycles. The van der Waals surface area contributed by atoms with Gasteiger partial charge in [0.15, 0.2) is 5.13 Å². The average molecular weight is 434 g/mol. The predicted octanol–water partition coefficient (Wildman–Crippen LogP) is 3.58. The molecule has 1 saturated heterocycles. The molecule has 3 heterocycles. The van der Waals surface area contributed by atoms with E-state index in [1.807, 2.05) is 58.8 Å². The molecule has 0 saturated carbocycles. The third-order valence-electron chi connectivity index (χ3n) is 4.99. The summed E-state index contributed by atoms with van der Waals surface area (Å²) in [5.74, 6) is 0.785. The number of carbonyl (C=O) groups excluding carboxylic acids is 2. The highest BCUT2D eigenvalue weighted by Crippen LogP contribution is 2.29. The lowest BCUT2D eigenvalue weighted by Gasteiger charge is -2.34. The van der Waals surface area contributed by atoms with Gasteiger partial charge in [0.2, 0.25) is 11.8 Å². The monoisotopic (exact) mass is 433 g/mol. The van der Waals surface area contributed by atoms with E-state index in [2.05, 4.69) is 14.9 Å². The normalized spacial score (nSPS) is 14.1. The Bertz CT molecular complexity index is 1060. The molecule has 7 nitrogen and oxygen atoms in total. The molecule has 8 heteroatoms. The van der Waals surface area contributed by atoms with Crippen molar-refractivity contribution >= 4 is 45.9 Å². The van der Waals surface area contributed by atoms with Gasteiger partial charge in [-0.05, 0) is 30.3 Å². The first kappa shape index (κ1) is 20.7. The smallest absolute Gasteiger partial charge is 0.246 e. The molecule has 158 valence electrons. The third-order valence-corrected chi connectivity index (χ3v) is 5.84. The fraction of sp³-hybridized carbons (Fsp3) is 0.217. The largest absolute Gasteiger partial charge is 0.353 e. The number of piperazine rings is 1. The van der Waals surface area contributed by atoms with E-state index in [4.69, 9.17) is 0 Å². The van der Waals surface area contributed by atoms with Gasteiger partial charge in [0, 0.05) is 50.8 Å². The summed E-state index contributed by atoms with van der Waals surface area (Å²) < 4.78 is 0. The van der Waals surface area contributed by atoms with Crippen LogP contribution < -0.4 is 9.80 Å². The van der Waals surface area contributed by atoms with Gasteiger partial charge in [-0.1, -0.05) is 24.3 Å². The highest BCUT2D eigenvalue weighted by atomic mass is 32.1. The standard InChI is InChI=1S/C23H23N5O2S/c1-18(29)28(20-7-3-2-4-8-20)23-25-19(17-31-23)10-11-22(30)27-15-13-26(14-16-27)21-9-5-6-12-24-21/h2-12,17H,13-16H2,1H3/b11-10+. The summed E-state index contributed by atoms with van der Waals surface area (Å²) in [5.41, 5.74) is 1.42. The van der Waals surface area contributed by atoms with Crippen LogP contribution in [-0.4, -0.2) is 52.9 Å². The van der Waals surface area contributed by atoms with Crippen molar-refractivity contribution in [2.75, 3.05) is 36.0 Å². The van der Waals surface area contributed by atoms with Gasteiger partial charge >= 0.3 is 0 Å². The number of pyridine rings is 1.